The number of likely N-dealkylation sites (N-methyl/N-ethyl adjacent to an activating group) is 1. The minimum atomic E-state index is -0.0528. The van der Waals surface area contributed by atoms with Crippen LogP contribution in [0.1, 0.15) is 35.5 Å². The molecule has 0 aliphatic heterocycles. The number of fused-ring (bicyclic) bond motifs is 1. The molecule has 1 amide bonds. The molecule has 136 valence electrons. The second-order valence-corrected chi connectivity index (χ2v) is 6.99. The normalized spacial score (nSPS) is 12.3. The molecule has 3 heterocycles. The van der Waals surface area contributed by atoms with Crippen LogP contribution in [0.15, 0.2) is 29.7 Å². The Morgan fingerprint density at radius 1 is 1.35 bits per heavy atom. The number of nitrogens with zero attached hydrogens (tertiary/aromatic N) is 6. The van der Waals surface area contributed by atoms with Crippen LogP contribution in [-0.2, 0) is 11.2 Å². The highest BCUT2D eigenvalue weighted by molar-refractivity contribution is 7.98. The Morgan fingerprint density at radius 3 is 2.77 bits per heavy atom. The Hall–Kier alpha value is -2.48. The zero-order valence-electron chi connectivity index (χ0n) is 15.6. The number of carbonyl (C=O) groups is 1. The SMILES string of the molecule is CSc1nc2nc(C)c(CC(=O)N(C)C(C)c3cccnc3)c(C)n2n1. The average Bonchev–Trinajstić information content (AvgIpc) is 3.07. The van der Waals surface area contributed by atoms with Gasteiger partial charge in [0.25, 0.3) is 5.78 Å². The quantitative estimate of drug-likeness (QED) is 0.643. The van der Waals surface area contributed by atoms with E-state index in [0.29, 0.717) is 10.9 Å². The number of rotatable bonds is 5. The minimum Gasteiger partial charge on any atom is -0.339 e. The molecule has 0 saturated heterocycles. The summed E-state index contributed by atoms with van der Waals surface area (Å²) in [4.78, 5) is 27.6. The molecule has 0 aliphatic rings. The molecule has 7 nitrogen and oxygen atoms in total. The molecule has 3 aromatic rings. The summed E-state index contributed by atoms with van der Waals surface area (Å²) in [6.07, 6.45) is 5.72. The van der Waals surface area contributed by atoms with Crippen molar-refractivity contribution in [1.29, 1.82) is 0 Å². The highest BCUT2D eigenvalue weighted by Gasteiger charge is 2.21. The van der Waals surface area contributed by atoms with Gasteiger partial charge in [-0.1, -0.05) is 17.8 Å². The summed E-state index contributed by atoms with van der Waals surface area (Å²) in [6.45, 7) is 5.86. The van der Waals surface area contributed by atoms with E-state index in [2.05, 4.69) is 20.1 Å². The Bertz CT molecular complexity index is 940. The molecule has 8 heteroatoms. The second kappa shape index (κ2) is 7.41. The molecule has 0 radical (unpaired) electrons. The molecule has 26 heavy (non-hydrogen) atoms. The van der Waals surface area contributed by atoms with Gasteiger partial charge in [0.15, 0.2) is 0 Å². The van der Waals surface area contributed by atoms with Gasteiger partial charge < -0.3 is 4.90 Å². The third-order valence-electron chi connectivity index (χ3n) is 4.68. The van der Waals surface area contributed by atoms with Crippen LogP contribution < -0.4 is 0 Å². The Labute approximate surface area is 156 Å². The first-order chi connectivity index (χ1) is 12.4. The maximum absolute atomic E-state index is 12.9. The first-order valence-corrected chi connectivity index (χ1v) is 9.57. The molecule has 0 fully saturated rings. The summed E-state index contributed by atoms with van der Waals surface area (Å²) in [6, 6.07) is 3.80. The summed E-state index contributed by atoms with van der Waals surface area (Å²) in [7, 11) is 1.82. The van der Waals surface area contributed by atoms with Crippen molar-refractivity contribution in [3.63, 3.8) is 0 Å². The number of hydrogen-bond acceptors (Lipinski definition) is 6. The Balaban J connectivity index is 1.87. The zero-order valence-corrected chi connectivity index (χ0v) is 16.4. The summed E-state index contributed by atoms with van der Waals surface area (Å²) in [5, 5.41) is 5.11. The molecule has 0 aliphatic carbocycles. The van der Waals surface area contributed by atoms with Crippen LogP contribution in [0.3, 0.4) is 0 Å². The van der Waals surface area contributed by atoms with Gasteiger partial charge in [0.1, 0.15) is 0 Å². The van der Waals surface area contributed by atoms with Crippen LogP contribution in [0.4, 0.5) is 0 Å². The van der Waals surface area contributed by atoms with E-state index in [0.717, 1.165) is 22.5 Å². The van der Waals surface area contributed by atoms with Gasteiger partial charge in [-0.3, -0.25) is 9.78 Å². The van der Waals surface area contributed by atoms with Gasteiger partial charge in [0, 0.05) is 36.4 Å². The van der Waals surface area contributed by atoms with Crippen LogP contribution in [-0.4, -0.2) is 48.7 Å². The number of thioether (sulfide) groups is 1. The second-order valence-electron chi connectivity index (χ2n) is 6.22. The standard InChI is InChI=1S/C18H22N6OS/c1-11-15(13(3)24-17(20-11)21-18(22-24)26-5)9-16(25)23(4)12(2)14-7-6-8-19-10-14/h6-8,10,12H,9H2,1-5H3. The van der Waals surface area contributed by atoms with E-state index in [-0.39, 0.29) is 18.4 Å². The zero-order chi connectivity index (χ0) is 18.8. The smallest absolute Gasteiger partial charge is 0.253 e. The average molecular weight is 370 g/mol. The number of aryl methyl sites for hydroxylation is 2. The lowest BCUT2D eigenvalue weighted by atomic mass is 10.1. The van der Waals surface area contributed by atoms with Gasteiger partial charge in [-0.05, 0) is 38.7 Å². The van der Waals surface area contributed by atoms with Crippen LogP contribution in [0.25, 0.3) is 5.78 Å². The maximum atomic E-state index is 12.9. The predicted octanol–water partition coefficient (Wildman–Crippen LogP) is 2.62. The predicted molar refractivity (Wildman–Crippen MR) is 101 cm³/mol. The molecule has 0 spiro atoms. The lowest BCUT2D eigenvalue weighted by Crippen LogP contribution is -2.31. The van der Waals surface area contributed by atoms with E-state index in [1.54, 1.807) is 21.8 Å². The summed E-state index contributed by atoms with van der Waals surface area (Å²) in [5.41, 5.74) is 3.61. The number of carbonyl (C=O) groups excluding carboxylic acids is 1. The van der Waals surface area contributed by atoms with Crippen molar-refractivity contribution in [2.45, 2.75) is 38.4 Å². The molecule has 3 aromatic heterocycles. The molecule has 3 rings (SSSR count). The maximum Gasteiger partial charge on any atom is 0.253 e. The van der Waals surface area contributed by atoms with E-state index in [1.807, 2.05) is 46.2 Å². The fourth-order valence-electron chi connectivity index (χ4n) is 2.87. The van der Waals surface area contributed by atoms with E-state index < -0.39 is 0 Å². The fraction of sp³-hybridized carbons (Fsp3) is 0.389. The first-order valence-electron chi connectivity index (χ1n) is 8.34. The molecule has 1 atom stereocenters. The Kier molecular flexibility index (Phi) is 5.22. The highest BCUT2D eigenvalue weighted by atomic mass is 32.2. The van der Waals surface area contributed by atoms with Crippen molar-refractivity contribution in [3.05, 3.63) is 47.0 Å². The third kappa shape index (κ3) is 3.41. The van der Waals surface area contributed by atoms with Crippen LogP contribution in [0.2, 0.25) is 0 Å². The molecule has 0 aromatic carbocycles. The number of hydrogen-bond donors (Lipinski definition) is 0. The highest BCUT2D eigenvalue weighted by Crippen LogP contribution is 2.21. The molecule has 0 saturated carbocycles. The lowest BCUT2D eigenvalue weighted by molar-refractivity contribution is -0.131. The van der Waals surface area contributed by atoms with E-state index in [9.17, 15) is 4.79 Å². The van der Waals surface area contributed by atoms with Gasteiger partial charge in [0.2, 0.25) is 11.1 Å². The third-order valence-corrected chi connectivity index (χ3v) is 5.22. The largest absolute Gasteiger partial charge is 0.339 e. The van der Waals surface area contributed by atoms with Gasteiger partial charge in [-0.2, -0.15) is 4.98 Å². The number of amides is 1. The van der Waals surface area contributed by atoms with Crippen molar-refractivity contribution in [2.75, 3.05) is 13.3 Å². The topological polar surface area (TPSA) is 76.3 Å². The van der Waals surface area contributed by atoms with Gasteiger partial charge >= 0.3 is 0 Å². The summed E-state index contributed by atoms with van der Waals surface area (Å²) >= 11 is 1.47. The number of aromatic nitrogens is 5. The molecule has 0 N–H and O–H groups in total. The Morgan fingerprint density at radius 2 is 2.12 bits per heavy atom. The van der Waals surface area contributed by atoms with Crippen molar-refractivity contribution >= 4 is 23.4 Å². The summed E-state index contributed by atoms with van der Waals surface area (Å²) in [5.74, 6) is 0.594. The van der Waals surface area contributed by atoms with Crippen LogP contribution in [0, 0.1) is 13.8 Å². The molecule has 0 bridgehead atoms. The first kappa shape index (κ1) is 18.3. The van der Waals surface area contributed by atoms with E-state index in [4.69, 9.17) is 0 Å². The molecule has 1 unspecified atom stereocenters. The van der Waals surface area contributed by atoms with Crippen molar-refractivity contribution in [1.82, 2.24) is 29.5 Å². The van der Waals surface area contributed by atoms with Crippen molar-refractivity contribution < 1.29 is 4.79 Å². The van der Waals surface area contributed by atoms with Gasteiger partial charge in [-0.25, -0.2) is 9.50 Å². The van der Waals surface area contributed by atoms with E-state index >= 15 is 0 Å². The van der Waals surface area contributed by atoms with Crippen molar-refractivity contribution in [2.24, 2.45) is 0 Å². The van der Waals surface area contributed by atoms with Crippen LogP contribution >= 0.6 is 11.8 Å². The minimum absolute atomic E-state index is 0.0268. The van der Waals surface area contributed by atoms with Gasteiger partial charge in [0.05, 0.1) is 12.5 Å². The molecular weight excluding hydrogens is 348 g/mol. The number of pyridine rings is 1. The monoisotopic (exact) mass is 370 g/mol. The fourth-order valence-corrected chi connectivity index (χ4v) is 3.21. The van der Waals surface area contributed by atoms with Crippen molar-refractivity contribution in [3.8, 4) is 0 Å². The van der Waals surface area contributed by atoms with E-state index in [1.165, 1.54) is 11.8 Å². The lowest BCUT2D eigenvalue weighted by Gasteiger charge is -2.25. The van der Waals surface area contributed by atoms with Crippen LogP contribution in [0.5, 0.6) is 0 Å². The van der Waals surface area contributed by atoms with Gasteiger partial charge in [-0.15, -0.1) is 5.10 Å². The molecular formula is C18H22N6OS. The summed E-state index contributed by atoms with van der Waals surface area (Å²) < 4.78 is 1.71.